The summed E-state index contributed by atoms with van der Waals surface area (Å²) in [6.45, 7) is 0. The minimum absolute atomic E-state index is 0.375. The van der Waals surface area contributed by atoms with E-state index in [9.17, 15) is 0 Å². The first-order chi connectivity index (χ1) is 24.3. The summed E-state index contributed by atoms with van der Waals surface area (Å²) in [5, 5.41) is 3.07. The number of fused-ring (bicyclic) bond motifs is 4. The van der Waals surface area contributed by atoms with Gasteiger partial charge in [0.2, 0.25) is 0 Å². The first kappa shape index (κ1) is 31.9. The van der Waals surface area contributed by atoms with Gasteiger partial charge in [0.05, 0.1) is 0 Å². The lowest BCUT2D eigenvalue weighted by atomic mass is 9.89. The van der Waals surface area contributed by atoms with Gasteiger partial charge in [0.25, 0.3) is 0 Å². The normalized spacial score (nSPS) is 14.9. The van der Waals surface area contributed by atoms with Crippen LogP contribution in [0.15, 0.2) is 158 Å². The second-order valence-electron chi connectivity index (χ2n) is 13.2. The van der Waals surface area contributed by atoms with E-state index in [1.54, 1.807) is 0 Å². The zero-order chi connectivity index (χ0) is 32.8. The Morgan fingerprint density at radius 2 is 0.612 bits per heavy atom. The maximum atomic E-state index is 2.39. The van der Waals surface area contributed by atoms with Gasteiger partial charge in [-0.15, -0.1) is 0 Å². The summed E-state index contributed by atoms with van der Waals surface area (Å²) in [5.74, 6) is 0.770. The van der Waals surface area contributed by atoms with Crippen LogP contribution in [0.3, 0.4) is 0 Å². The summed E-state index contributed by atoms with van der Waals surface area (Å²) in [7, 11) is -0.749. The molecule has 8 rings (SSSR count). The van der Waals surface area contributed by atoms with Crippen molar-refractivity contribution in [2.45, 2.75) is 18.3 Å². The summed E-state index contributed by atoms with van der Waals surface area (Å²) in [6.07, 6.45) is 15.4. The molecule has 0 bridgehead atoms. The lowest BCUT2D eigenvalue weighted by Crippen LogP contribution is -2.17. The molecular weight excluding hydrogens is 626 g/mol. The number of benzene rings is 6. The summed E-state index contributed by atoms with van der Waals surface area (Å²) in [6, 6.07) is 59.2. The molecule has 49 heavy (non-hydrogen) atoms. The molecule has 0 saturated heterocycles. The Kier molecular flexibility index (Phi) is 9.80. The van der Waals surface area contributed by atoms with Crippen LogP contribution in [-0.4, -0.2) is 24.6 Å². The molecule has 0 nitrogen and oxygen atoms in total. The van der Waals surface area contributed by atoms with E-state index in [-0.39, 0.29) is 15.8 Å². The largest absolute Gasteiger partial charge is 0.0744 e. The van der Waals surface area contributed by atoms with Gasteiger partial charge in [-0.1, -0.05) is 198 Å². The molecule has 2 heteroatoms. The zero-order valence-electron chi connectivity index (χ0n) is 27.9. The van der Waals surface area contributed by atoms with Gasteiger partial charge in [0, 0.05) is 11.8 Å². The molecule has 0 spiro atoms. The van der Waals surface area contributed by atoms with Crippen LogP contribution in [0.2, 0.25) is 0 Å². The molecule has 0 fully saturated rings. The van der Waals surface area contributed by atoms with Gasteiger partial charge < -0.3 is 0 Å². The van der Waals surface area contributed by atoms with Gasteiger partial charge in [-0.25, -0.2) is 0 Å². The van der Waals surface area contributed by atoms with Gasteiger partial charge in [-0.05, 0) is 86.2 Å². The molecule has 6 aromatic rings. The Hall–Kier alpha value is -4.34. The highest BCUT2D eigenvalue weighted by molar-refractivity contribution is 7.66. The molecule has 2 atom stereocenters. The molecule has 0 heterocycles. The van der Waals surface area contributed by atoms with Gasteiger partial charge in [-0.3, -0.25) is 0 Å². The monoisotopic (exact) mass is 668 g/mol. The topological polar surface area (TPSA) is 0 Å². The van der Waals surface area contributed by atoms with Crippen LogP contribution < -0.4 is 10.6 Å². The Morgan fingerprint density at radius 1 is 0.327 bits per heavy atom. The molecule has 0 aromatic heterocycles. The third kappa shape index (κ3) is 7.05. The van der Waals surface area contributed by atoms with Gasteiger partial charge in [0.15, 0.2) is 0 Å². The van der Waals surface area contributed by atoms with Crippen molar-refractivity contribution in [2.24, 2.45) is 0 Å². The van der Waals surface area contributed by atoms with Crippen molar-refractivity contribution in [1.29, 1.82) is 0 Å². The minimum Gasteiger partial charge on any atom is -0.0744 e. The second kappa shape index (κ2) is 15.0. The van der Waals surface area contributed by atoms with E-state index in [2.05, 4.69) is 182 Å². The second-order valence-corrected chi connectivity index (χ2v) is 18.0. The SMILES string of the molecule is C1=Cc2ccccc2C(CP(CCCP(CC2c3ccccc3C=Cc3ccccc32)c2ccccc2)c2ccccc2)c2ccccc21. The highest BCUT2D eigenvalue weighted by Crippen LogP contribution is 2.49. The van der Waals surface area contributed by atoms with E-state index in [4.69, 9.17) is 0 Å². The van der Waals surface area contributed by atoms with Gasteiger partial charge >= 0.3 is 0 Å². The molecule has 0 amide bonds. The first-order valence-corrected chi connectivity index (χ1v) is 21.1. The Labute approximate surface area is 294 Å². The average Bonchev–Trinajstić information content (AvgIpc) is 3.43. The molecule has 0 aliphatic heterocycles. The Morgan fingerprint density at radius 3 is 0.939 bits per heavy atom. The molecule has 0 radical (unpaired) electrons. The van der Waals surface area contributed by atoms with Crippen molar-refractivity contribution in [3.05, 3.63) is 202 Å². The molecule has 6 aromatic carbocycles. The van der Waals surface area contributed by atoms with Crippen molar-refractivity contribution in [3.8, 4) is 0 Å². The van der Waals surface area contributed by atoms with Crippen molar-refractivity contribution in [2.75, 3.05) is 24.6 Å². The van der Waals surface area contributed by atoms with E-state index in [1.807, 2.05) is 0 Å². The van der Waals surface area contributed by atoms with Crippen molar-refractivity contribution in [3.63, 3.8) is 0 Å². The van der Waals surface area contributed by atoms with Crippen molar-refractivity contribution >= 4 is 50.8 Å². The third-order valence-corrected chi connectivity index (χ3v) is 15.7. The van der Waals surface area contributed by atoms with E-state index >= 15 is 0 Å². The summed E-state index contributed by atoms with van der Waals surface area (Å²) in [5.41, 5.74) is 11.3. The molecule has 0 saturated carbocycles. The molecule has 2 aliphatic carbocycles. The van der Waals surface area contributed by atoms with Crippen LogP contribution in [0.4, 0.5) is 0 Å². The fourth-order valence-corrected chi connectivity index (χ4v) is 13.3. The molecular formula is C47H42P2. The van der Waals surface area contributed by atoms with Gasteiger partial charge in [0.1, 0.15) is 0 Å². The van der Waals surface area contributed by atoms with Crippen LogP contribution in [0.25, 0.3) is 24.3 Å². The van der Waals surface area contributed by atoms with E-state index in [0.717, 1.165) is 0 Å². The highest BCUT2D eigenvalue weighted by atomic mass is 31.1. The van der Waals surface area contributed by atoms with Crippen LogP contribution in [0, 0.1) is 0 Å². The minimum atomic E-state index is -0.375. The molecule has 0 N–H and O–H groups in total. The average molecular weight is 669 g/mol. The van der Waals surface area contributed by atoms with E-state index in [1.165, 1.54) is 86.2 Å². The van der Waals surface area contributed by atoms with Gasteiger partial charge in [-0.2, -0.15) is 0 Å². The Balaban J connectivity index is 1.09. The lowest BCUT2D eigenvalue weighted by Gasteiger charge is -2.29. The highest BCUT2D eigenvalue weighted by Gasteiger charge is 2.28. The predicted octanol–water partition coefficient (Wildman–Crippen LogP) is 11.6. The number of hydrogen-bond donors (Lipinski definition) is 0. The summed E-state index contributed by atoms with van der Waals surface area (Å²) >= 11 is 0. The quantitative estimate of drug-likeness (QED) is 0.127. The number of rotatable bonds is 10. The first-order valence-electron chi connectivity index (χ1n) is 17.6. The third-order valence-electron chi connectivity index (χ3n) is 10.3. The van der Waals surface area contributed by atoms with Crippen LogP contribution in [0.5, 0.6) is 0 Å². The summed E-state index contributed by atoms with van der Waals surface area (Å²) < 4.78 is 0. The van der Waals surface area contributed by atoms with Crippen molar-refractivity contribution in [1.82, 2.24) is 0 Å². The predicted molar refractivity (Wildman–Crippen MR) is 217 cm³/mol. The smallest absolute Gasteiger partial charge is 0.0143 e. The fourth-order valence-electron chi connectivity index (χ4n) is 7.83. The number of hydrogen-bond acceptors (Lipinski definition) is 0. The van der Waals surface area contributed by atoms with Crippen LogP contribution >= 0.6 is 15.8 Å². The molecule has 240 valence electrons. The van der Waals surface area contributed by atoms with Crippen LogP contribution in [-0.2, 0) is 0 Å². The Bertz CT molecular complexity index is 1830. The maximum absolute atomic E-state index is 2.39. The zero-order valence-corrected chi connectivity index (χ0v) is 29.7. The van der Waals surface area contributed by atoms with E-state index in [0.29, 0.717) is 11.8 Å². The van der Waals surface area contributed by atoms with E-state index < -0.39 is 0 Å². The molecule has 2 aliphatic rings. The maximum Gasteiger partial charge on any atom is 0.0143 e. The summed E-state index contributed by atoms with van der Waals surface area (Å²) in [4.78, 5) is 0. The van der Waals surface area contributed by atoms with Crippen molar-refractivity contribution < 1.29 is 0 Å². The fraction of sp³-hybridized carbons (Fsp3) is 0.149. The molecule has 2 unspecified atom stereocenters. The standard InChI is InChI=1S/C47H42P2/c1-3-20-40(21-4-1)48(34-46-42-24-11-7-16-36(42)28-29-37-17-8-12-25-43(37)46)32-15-33-49(41-22-5-2-6-23-41)35-47-44-26-13-9-18-38(44)30-31-39-19-10-14-27-45(39)47/h1-14,16-31,46-47H,15,32-35H2. The van der Waals surface area contributed by atoms with Crippen LogP contribution in [0.1, 0.15) is 62.8 Å². The lowest BCUT2D eigenvalue weighted by molar-refractivity contribution is 0.917.